The summed E-state index contributed by atoms with van der Waals surface area (Å²) >= 11 is 5.87. The van der Waals surface area contributed by atoms with Crippen molar-refractivity contribution in [2.45, 2.75) is 19.4 Å². The number of halogens is 1. The molecule has 2 aromatic rings. The Morgan fingerprint density at radius 2 is 2.14 bits per heavy atom. The van der Waals surface area contributed by atoms with E-state index in [1.807, 2.05) is 18.2 Å². The van der Waals surface area contributed by atoms with Crippen molar-refractivity contribution in [2.75, 3.05) is 17.2 Å². The largest absolute Gasteiger partial charge is 0.398 e. The quantitative estimate of drug-likeness (QED) is 0.531. The molecule has 0 unspecified atom stereocenters. The average molecular weight is 318 g/mol. The summed E-state index contributed by atoms with van der Waals surface area (Å²) in [5.74, 6) is 0. The number of nitro groups is 1. The Bertz CT molecular complexity index is 733. The van der Waals surface area contributed by atoms with Crippen molar-refractivity contribution in [2.24, 2.45) is 0 Å². The van der Waals surface area contributed by atoms with Gasteiger partial charge < -0.3 is 10.6 Å². The summed E-state index contributed by atoms with van der Waals surface area (Å²) in [5, 5.41) is 11.6. The van der Waals surface area contributed by atoms with Gasteiger partial charge in [-0.2, -0.15) is 0 Å². The van der Waals surface area contributed by atoms with E-state index in [9.17, 15) is 10.1 Å². The van der Waals surface area contributed by atoms with Crippen molar-refractivity contribution in [1.82, 2.24) is 0 Å². The zero-order valence-electron chi connectivity index (χ0n) is 12.0. The van der Waals surface area contributed by atoms with E-state index in [-0.39, 0.29) is 10.6 Å². The van der Waals surface area contributed by atoms with E-state index in [0.717, 1.165) is 36.3 Å². The SMILES string of the molecule is Nc1cccc2c1CCCN2Cc1ccc(Cl)cc1[N+](=O)[O-]. The molecule has 0 bridgehead atoms. The first-order valence-corrected chi connectivity index (χ1v) is 7.49. The van der Waals surface area contributed by atoms with E-state index in [2.05, 4.69) is 4.90 Å². The molecule has 114 valence electrons. The average Bonchev–Trinajstić information content (AvgIpc) is 2.50. The second kappa shape index (κ2) is 5.85. The maximum Gasteiger partial charge on any atom is 0.275 e. The zero-order chi connectivity index (χ0) is 15.7. The highest BCUT2D eigenvalue weighted by atomic mass is 35.5. The maximum atomic E-state index is 11.2. The van der Waals surface area contributed by atoms with Crippen LogP contribution in [0.2, 0.25) is 5.02 Å². The summed E-state index contributed by atoms with van der Waals surface area (Å²) in [6, 6.07) is 10.7. The van der Waals surface area contributed by atoms with Crippen molar-refractivity contribution < 1.29 is 4.92 Å². The van der Waals surface area contributed by atoms with Crippen LogP contribution in [0.4, 0.5) is 17.1 Å². The van der Waals surface area contributed by atoms with Gasteiger partial charge in [0.05, 0.1) is 4.92 Å². The van der Waals surface area contributed by atoms with Gasteiger partial charge >= 0.3 is 0 Å². The minimum atomic E-state index is -0.384. The molecule has 5 nitrogen and oxygen atoms in total. The van der Waals surface area contributed by atoms with Crippen LogP contribution in [0.5, 0.6) is 0 Å². The number of nitro benzene ring substituents is 1. The lowest BCUT2D eigenvalue weighted by molar-refractivity contribution is -0.385. The molecular weight excluding hydrogens is 302 g/mol. The van der Waals surface area contributed by atoms with Gasteiger partial charge in [0.15, 0.2) is 0 Å². The smallest absolute Gasteiger partial charge is 0.275 e. The van der Waals surface area contributed by atoms with Gasteiger partial charge in [-0.05, 0) is 42.7 Å². The van der Waals surface area contributed by atoms with E-state index in [0.29, 0.717) is 17.1 Å². The molecule has 0 saturated carbocycles. The minimum absolute atomic E-state index is 0.0588. The van der Waals surface area contributed by atoms with Gasteiger partial charge in [0.1, 0.15) is 0 Å². The first-order valence-electron chi connectivity index (χ1n) is 7.11. The number of nitrogens with two attached hydrogens (primary N) is 1. The third-order valence-electron chi connectivity index (χ3n) is 3.99. The Balaban J connectivity index is 1.96. The highest BCUT2D eigenvalue weighted by Crippen LogP contribution is 2.33. The lowest BCUT2D eigenvalue weighted by Gasteiger charge is -2.32. The highest BCUT2D eigenvalue weighted by Gasteiger charge is 2.22. The number of nitrogen functional groups attached to an aromatic ring is 1. The van der Waals surface area contributed by atoms with Gasteiger partial charge in [-0.25, -0.2) is 0 Å². The number of nitrogens with zero attached hydrogens (tertiary/aromatic N) is 2. The number of fused-ring (bicyclic) bond motifs is 1. The zero-order valence-corrected chi connectivity index (χ0v) is 12.7. The lowest BCUT2D eigenvalue weighted by atomic mass is 9.99. The molecule has 0 atom stereocenters. The van der Waals surface area contributed by atoms with Gasteiger partial charge in [-0.1, -0.05) is 17.7 Å². The van der Waals surface area contributed by atoms with Gasteiger partial charge in [-0.15, -0.1) is 0 Å². The molecular formula is C16H16ClN3O2. The van der Waals surface area contributed by atoms with Crippen molar-refractivity contribution in [3.63, 3.8) is 0 Å². The van der Waals surface area contributed by atoms with Crippen LogP contribution >= 0.6 is 11.6 Å². The van der Waals surface area contributed by atoms with Crippen LogP contribution in [0.3, 0.4) is 0 Å². The van der Waals surface area contributed by atoms with Crippen LogP contribution in [0.15, 0.2) is 36.4 Å². The number of rotatable bonds is 3. The Kier molecular flexibility index (Phi) is 3.90. The molecule has 0 fully saturated rings. The molecule has 0 spiro atoms. The number of benzene rings is 2. The van der Waals surface area contributed by atoms with Crippen molar-refractivity contribution in [1.29, 1.82) is 0 Å². The first kappa shape index (κ1) is 14.7. The van der Waals surface area contributed by atoms with Crippen LogP contribution in [0.1, 0.15) is 17.5 Å². The van der Waals surface area contributed by atoms with Gasteiger partial charge in [-0.3, -0.25) is 10.1 Å². The molecule has 1 aliphatic heterocycles. The topological polar surface area (TPSA) is 72.4 Å². The molecule has 0 radical (unpaired) electrons. The molecule has 0 amide bonds. The monoisotopic (exact) mass is 317 g/mol. The normalized spacial score (nSPS) is 13.8. The predicted octanol–water partition coefficient (Wildman–Crippen LogP) is 3.78. The molecule has 0 saturated heterocycles. The third kappa shape index (κ3) is 2.72. The standard InChI is InChI=1S/C16H16ClN3O2/c17-12-7-6-11(16(9-12)20(21)22)10-19-8-2-3-13-14(18)4-1-5-15(13)19/h1,4-7,9H,2-3,8,10,18H2. The van der Waals surface area contributed by atoms with Crippen molar-refractivity contribution >= 4 is 28.7 Å². The van der Waals surface area contributed by atoms with Gasteiger partial charge in [0.2, 0.25) is 0 Å². The molecule has 1 heterocycles. The molecule has 2 aromatic carbocycles. The van der Waals surface area contributed by atoms with Crippen LogP contribution < -0.4 is 10.6 Å². The third-order valence-corrected chi connectivity index (χ3v) is 4.22. The fraction of sp³-hybridized carbons (Fsp3) is 0.250. The molecule has 1 aliphatic rings. The van der Waals surface area contributed by atoms with E-state index in [1.165, 1.54) is 6.07 Å². The van der Waals surface area contributed by atoms with Crippen LogP contribution in [0, 0.1) is 10.1 Å². The summed E-state index contributed by atoms with van der Waals surface area (Å²) in [5.41, 5.74) is 9.74. The van der Waals surface area contributed by atoms with Crippen LogP contribution in [0.25, 0.3) is 0 Å². The Labute approximate surface area is 133 Å². The van der Waals surface area contributed by atoms with Crippen molar-refractivity contribution in [3.8, 4) is 0 Å². The Morgan fingerprint density at radius 3 is 2.91 bits per heavy atom. The highest BCUT2D eigenvalue weighted by molar-refractivity contribution is 6.30. The predicted molar refractivity (Wildman–Crippen MR) is 88.3 cm³/mol. The van der Waals surface area contributed by atoms with E-state index in [4.69, 9.17) is 17.3 Å². The maximum absolute atomic E-state index is 11.2. The summed E-state index contributed by atoms with van der Waals surface area (Å²) in [6.07, 6.45) is 1.93. The molecule has 22 heavy (non-hydrogen) atoms. The molecule has 3 rings (SSSR count). The van der Waals surface area contributed by atoms with Crippen LogP contribution in [-0.4, -0.2) is 11.5 Å². The second-order valence-electron chi connectivity index (χ2n) is 5.40. The molecule has 2 N–H and O–H groups in total. The summed E-state index contributed by atoms with van der Waals surface area (Å²) in [7, 11) is 0. The number of hydrogen-bond acceptors (Lipinski definition) is 4. The Hall–Kier alpha value is -2.27. The van der Waals surface area contributed by atoms with E-state index < -0.39 is 0 Å². The van der Waals surface area contributed by atoms with Gasteiger partial charge in [0.25, 0.3) is 5.69 Å². The molecule has 0 aliphatic carbocycles. The fourth-order valence-electron chi connectivity index (χ4n) is 2.94. The summed E-state index contributed by atoms with van der Waals surface area (Å²) < 4.78 is 0. The summed E-state index contributed by atoms with van der Waals surface area (Å²) in [4.78, 5) is 13.0. The summed E-state index contributed by atoms with van der Waals surface area (Å²) in [6.45, 7) is 1.33. The van der Waals surface area contributed by atoms with Crippen LogP contribution in [-0.2, 0) is 13.0 Å². The molecule has 6 heteroatoms. The fourth-order valence-corrected chi connectivity index (χ4v) is 3.10. The second-order valence-corrected chi connectivity index (χ2v) is 5.84. The van der Waals surface area contributed by atoms with E-state index in [1.54, 1.807) is 12.1 Å². The first-order chi connectivity index (χ1) is 10.6. The number of anilines is 2. The van der Waals surface area contributed by atoms with Crippen molar-refractivity contribution in [3.05, 3.63) is 62.7 Å². The minimum Gasteiger partial charge on any atom is -0.398 e. The van der Waals surface area contributed by atoms with E-state index >= 15 is 0 Å². The lowest BCUT2D eigenvalue weighted by Crippen LogP contribution is -2.29. The Morgan fingerprint density at radius 1 is 1.32 bits per heavy atom. The number of hydrogen-bond donors (Lipinski definition) is 1. The molecule has 0 aromatic heterocycles. The van der Waals surface area contributed by atoms with Gasteiger partial charge in [0, 0.05) is 41.1 Å².